The van der Waals surface area contributed by atoms with Crippen molar-refractivity contribution in [3.63, 3.8) is 0 Å². The summed E-state index contributed by atoms with van der Waals surface area (Å²) in [5.74, 6) is -0.151. The van der Waals surface area contributed by atoms with Gasteiger partial charge in [-0.3, -0.25) is 4.79 Å². The third kappa shape index (κ3) is 3.23. The van der Waals surface area contributed by atoms with Crippen molar-refractivity contribution in [3.8, 4) is 5.75 Å². The van der Waals surface area contributed by atoms with Crippen molar-refractivity contribution in [1.29, 1.82) is 0 Å². The van der Waals surface area contributed by atoms with Crippen molar-refractivity contribution in [2.45, 2.75) is 6.18 Å². The van der Waals surface area contributed by atoms with Crippen molar-refractivity contribution < 1.29 is 22.7 Å². The molecular formula is C11H8F3N3O2S. The largest absolute Gasteiger partial charge is 0.497 e. The summed E-state index contributed by atoms with van der Waals surface area (Å²) in [6.45, 7) is 0. The minimum absolute atomic E-state index is 0.191. The second kappa shape index (κ2) is 5.45. The van der Waals surface area contributed by atoms with Gasteiger partial charge < -0.3 is 10.1 Å². The number of nitrogens with zero attached hydrogens (tertiary/aromatic N) is 2. The average molecular weight is 303 g/mol. The van der Waals surface area contributed by atoms with Crippen LogP contribution in [0.15, 0.2) is 24.3 Å². The number of amides is 1. The summed E-state index contributed by atoms with van der Waals surface area (Å²) in [6, 6.07) is 6.33. The lowest BCUT2D eigenvalue weighted by molar-refractivity contribution is -0.138. The van der Waals surface area contributed by atoms with Crippen molar-refractivity contribution in [2.24, 2.45) is 0 Å². The molecule has 5 nitrogen and oxygen atoms in total. The van der Waals surface area contributed by atoms with Crippen LogP contribution in [0.1, 0.15) is 14.8 Å². The summed E-state index contributed by atoms with van der Waals surface area (Å²) in [6.07, 6.45) is -4.60. The van der Waals surface area contributed by atoms with Crippen molar-refractivity contribution >= 4 is 22.9 Å². The predicted molar refractivity (Wildman–Crippen MR) is 65.9 cm³/mol. The molecule has 0 aliphatic carbocycles. The number of benzene rings is 1. The topological polar surface area (TPSA) is 64.1 Å². The maximum atomic E-state index is 12.3. The number of hydrogen-bond acceptors (Lipinski definition) is 5. The molecule has 0 spiro atoms. The fraction of sp³-hybridized carbons (Fsp3) is 0.182. The maximum absolute atomic E-state index is 12.3. The molecule has 1 heterocycles. The molecule has 1 N–H and O–H groups in total. The van der Waals surface area contributed by atoms with E-state index in [1.807, 2.05) is 0 Å². The van der Waals surface area contributed by atoms with E-state index >= 15 is 0 Å². The van der Waals surface area contributed by atoms with Crippen molar-refractivity contribution in [2.75, 3.05) is 12.4 Å². The van der Waals surface area contributed by atoms with E-state index in [2.05, 4.69) is 15.5 Å². The molecule has 106 valence electrons. The zero-order chi connectivity index (χ0) is 14.8. The van der Waals surface area contributed by atoms with E-state index in [0.717, 1.165) is 0 Å². The Hall–Kier alpha value is -2.16. The van der Waals surface area contributed by atoms with E-state index in [-0.39, 0.29) is 16.3 Å². The molecule has 1 aromatic carbocycles. The molecule has 20 heavy (non-hydrogen) atoms. The number of methoxy groups -OCH3 is 1. The van der Waals surface area contributed by atoms with E-state index in [1.165, 1.54) is 7.11 Å². The zero-order valence-electron chi connectivity index (χ0n) is 10.1. The Balaban J connectivity index is 2.09. The Morgan fingerprint density at radius 1 is 1.25 bits per heavy atom. The first-order valence-corrected chi connectivity index (χ1v) is 6.08. The molecule has 1 aromatic heterocycles. The molecule has 0 saturated carbocycles. The van der Waals surface area contributed by atoms with Gasteiger partial charge >= 0.3 is 6.18 Å². The molecule has 0 radical (unpaired) electrons. The third-order valence-electron chi connectivity index (χ3n) is 2.21. The Kier molecular flexibility index (Phi) is 3.89. The number of halogens is 3. The van der Waals surface area contributed by atoms with E-state index in [9.17, 15) is 18.0 Å². The fourth-order valence-corrected chi connectivity index (χ4v) is 1.89. The van der Waals surface area contributed by atoms with E-state index in [4.69, 9.17) is 4.74 Å². The first-order valence-electron chi connectivity index (χ1n) is 5.26. The normalized spacial score (nSPS) is 11.2. The highest BCUT2D eigenvalue weighted by molar-refractivity contribution is 7.13. The van der Waals surface area contributed by atoms with Crippen LogP contribution in [0.4, 0.5) is 18.9 Å². The van der Waals surface area contributed by atoms with Crippen LogP contribution in [0.25, 0.3) is 0 Å². The number of rotatable bonds is 3. The third-order valence-corrected chi connectivity index (χ3v) is 3.18. The molecule has 2 rings (SSSR count). The van der Waals surface area contributed by atoms with Gasteiger partial charge in [-0.05, 0) is 24.3 Å². The first-order chi connectivity index (χ1) is 9.40. The summed E-state index contributed by atoms with van der Waals surface area (Å²) in [5, 5.41) is 7.08. The highest BCUT2D eigenvalue weighted by Crippen LogP contribution is 2.31. The molecule has 0 atom stereocenters. The Bertz CT molecular complexity index is 610. The summed E-state index contributed by atoms with van der Waals surface area (Å²) >= 11 is 0.191. The number of carbonyl (C=O) groups is 1. The smallest absolute Gasteiger partial charge is 0.445 e. The fourth-order valence-electron chi connectivity index (χ4n) is 1.29. The standard InChI is InChI=1S/C11H8F3N3O2S/c1-19-7-4-2-6(3-5-7)15-8(18)9-16-17-10(20-9)11(12,13)14/h2-5H,1H3,(H,15,18). The maximum Gasteiger partial charge on any atom is 0.445 e. The van der Waals surface area contributed by atoms with Gasteiger partial charge in [0.05, 0.1) is 7.11 Å². The van der Waals surface area contributed by atoms with Crippen LogP contribution < -0.4 is 10.1 Å². The molecule has 0 bridgehead atoms. The monoisotopic (exact) mass is 303 g/mol. The summed E-state index contributed by atoms with van der Waals surface area (Å²) in [5.41, 5.74) is 0.416. The molecular weight excluding hydrogens is 295 g/mol. The number of ether oxygens (including phenoxy) is 1. The lowest BCUT2D eigenvalue weighted by Gasteiger charge is -2.04. The first kappa shape index (κ1) is 14.3. The SMILES string of the molecule is COc1ccc(NC(=O)c2nnc(C(F)(F)F)s2)cc1. The van der Waals surface area contributed by atoms with Crippen LogP contribution in [-0.2, 0) is 6.18 Å². The van der Waals surface area contributed by atoms with Gasteiger partial charge in [0.1, 0.15) is 5.75 Å². The molecule has 2 aromatic rings. The second-order valence-electron chi connectivity index (χ2n) is 3.59. The highest BCUT2D eigenvalue weighted by Gasteiger charge is 2.36. The lowest BCUT2D eigenvalue weighted by Crippen LogP contribution is -2.11. The van der Waals surface area contributed by atoms with Crippen molar-refractivity contribution in [3.05, 3.63) is 34.3 Å². The van der Waals surface area contributed by atoms with Crippen LogP contribution in [-0.4, -0.2) is 23.2 Å². The number of nitrogens with one attached hydrogen (secondary N) is 1. The van der Waals surface area contributed by atoms with Gasteiger partial charge in [0.25, 0.3) is 5.91 Å². The molecule has 9 heteroatoms. The number of anilines is 1. The molecule has 0 aliphatic rings. The van der Waals surface area contributed by atoms with Gasteiger partial charge in [-0.1, -0.05) is 11.3 Å². The number of aromatic nitrogens is 2. The highest BCUT2D eigenvalue weighted by atomic mass is 32.1. The summed E-state index contributed by atoms with van der Waals surface area (Å²) in [7, 11) is 1.49. The summed E-state index contributed by atoms with van der Waals surface area (Å²) < 4.78 is 42.0. The molecule has 0 saturated heterocycles. The Labute approximate surface area is 115 Å². The Morgan fingerprint density at radius 3 is 2.40 bits per heavy atom. The molecule has 0 fully saturated rings. The van der Waals surface area contributed by atoms with Crippen LogP contribution in [0.3, 0.4) is 0 Å². The van der Waals surface area contributed by atoms with Gasteiger partial charge in [-0.2, -0.15) is 13.2 Å². The molecule has 1 amide bonds. The average Bonchev–Trinajstić information content (AvgIpc) is 2.89. The van der Waals surface area contributed by atoms with Gasteiger partial charge in [0, 0.05) is 5.69 Å². The Morgan fingerprint density at radius 2 is 1.90 bits per heavy atom. The van der Waals surface area contributed by atoms with E-state index in [0.29, 0.717) is 11.4 Å². The predicted octanol–water partition coefficient (Wildman–Crippen LogP) is 2.82. The van der Waals surface area contributed by atoms with Gasteiger partial charge in [-0.15, -0.1) is 10.2 Å². The van der Waals surface area contributed by atoms with Crippen molar-refractivity contribution in [1.82, 2.24) is 10.2 Å². The second-order valence-corrected chi connectivity index (χ2v) is 4.57. The minimum atomic E-state index is -4.60. The van der Waals surface area contributed by atoms with Crippen LogP contribution in [0, 0.1) is 0 Å². The number of carbonyl (C=O) groups excluding carboxylic acids is 1. The number of alkyl halides is 3. The minimum Gasteiger partial charge on any atom is -0.497 e. The molecule has 0 aliphatic heterocycles. The van der Waals surface area contributed by atoms with Crippen LogP contribution in [0.2, 0.25) is 0 Å². The zero-order valence-corrected chi connectivity index (χ0v) is 10.9. The summed E-state index contributed by atoms with van der Waals surface area (Å²) in [4.78, 5) is 11.7. The number of hydrogen-bond donors (Lipinski definition) is 1. The van der Waals surface area contributed by atoms with Crippen LogP contribution >= 0.6 is 11.3 Å². The molecule has 0 unspecified atom stereocenters. The van der Waals surface area contributed by atoms with E-state index < -0.39 is 17.1 Å². The van der Waals surface area contributed by atoms with Crippen LogP contribution in [0.5, 0.6) is 5.75 Å². The van der Waals surface area contributed by atoms with Gasteiger partial charge in [0.2, 0.25) is 10.0 Å². The lowest BCUT2D eigenvalue weighted by atomic mass is 10.3. The quantitative estimate of drug-likeness (QED) is 0.947. The van der Waals surface area contributed by atoms with Gasteiger partial charge in [0.15, 0.2) is 0 Å². The van der Waals surface area contributed by atoms with E-state index in [1.54, 1.807) is 24.3 Å². The van der Waals surface area contributed by atoms with Gasteiger partial charge in [-0.25, -0.2) is 0 Å².